The first-order valence-electron chi connectivity index (χ1n) is 13.4. The van der Waals surface area contributed by atoms with E-state index in [1.807, 2.05) is 18.2 Å². The van der Waals surface area contributed by atoms with Gasteiger partial charge in [-0.05, 0) is 60.2 Å². The van der Waals surface area contributed by atoms with E-state index in [2.05, 4.69) is 20.3 Å². The molecule has 8 nitrogen and oxygen atoms in total. The van der Waals surface area contributed by atoms with E-state index in [-0.39, 0.29) is 34.4 Å². The van der Waals surface area contributed by atoms with Gasteiger partial charge in [-0.15, -0.1) is 5.10 Å². The lowest BCUT2D eigenvalue weighted by Gasteiger charge is -2.20. The zero-order valence-electron chi connectivity index (χ0n) is 21.5. The first-order valence-corrected chi connectivity index (χ1v) is 14.2. The first kappa shape index (κ1) is 24.8. The molecule has 1 aromatic carbocycles. The molecule has 0 N–H and O–H groups in total. The fourth-order valence-electron chi connectivity index (χ4n) is 6.64. The minimum Gasteiger partial charge on any atom is -0.303 e. The smallest absolute Gasteiger partial charge is 0.251 e. The number of carbonyl (C=O) groups excluding carboxylic acids is 1. The molecule has 4 aromatic rings. The number of hydrogen-bond acceptors (Lipinski definition) is 6. The van der Waals surface area contributed by atoms with Crippen LogP contribution in [0.4, 0.5) is 4.39 Å². The van der Waals surface area contributed by atoms with E-state index in [9.17, 15) is 9.59 Å². The highest BCUT2D eigenvalue weighted by molar-refractivity contribution is 6.31. The molecule has 1 saturated carbocycles. The quantitative estimate of drug-likeness (QED) is 0.286. The summed E-state index contributed by atoms with van der Waals surface area (Å²) < 4.78 is 18.6. The predicted molar refractivity (Wildman–Crippen MR) is 152 cm³/mol. The van der Waals surface area contributed by atoms with Gasteiger partial charge in [0, 0.05) is 70.6 Å². The third-order valence-electron chi connectivity index (χ3n) is 8.62. The second kappa shape index (κ2) is 9.03. The van der Waals surface area contributed by atoms with Crippen LogP contribution in [0.3, 0.4) is 0 Å². The Morgan fingerprint density at radius 2 is 1.88 bits per heavy atom. The van der Waals surface area contributed by atoms with Gasteiger partial charge in [-0.3, -0.25) is 14.6 Å². The molecule has 4 aliphatic rings. The lowest BCUT2D eigenvalue weighted by molar-refractivity contribution is -0.118. The van der Waals surface area contributed by atoms with Crippen molar-refractivity contribution in [2.24, 2.45) is 10.9 Å². The van der Waals surface area contributed by atoms with Gasteiger partial charge in [-0.2, -0.15) is 4.39 Å². The molecule has 0 spiro atoms. The normalized spacial score (nSPS) is 22.5. The topological polar surface area (TPSA) is 95.0 Å². The number of ketones is 1. The maximum atomic E-state index is 15.3. The van der Waals surface area contributed by atoms with Crippen LogP contribution in [-0.4, -0.2) is 36.0 Å². The summed E-state index contributed by atoms with van der Waals surface area (Å²) in [7, 11) is 0. The number of halogens is 3. The number of allylic oxidation sites excluding steroid dienone is 1. The molecule has 8 rings (SSSR count). The molecule has 2 aliphatic heterocycles. The van der Waals surface area contributed by atoms with Crippen molar-refractivity contribution in [3.05, 3.63) is 97.8 Å². The zero-order chi connectivity index (χ0) is 28.0. The number of Topliss-reactive ketones (excluding diaryl/α,β-unsaturated/α-hetero) is 1. The summed E-state index contributed by atoms with van der Waals surface area (Å²) in [5.74, 6) is 0.0499. The van der Waals surface area contributed by atoms with Crippen LogP contribution < -0.4 is 5.56 Å². The SMILES string of the molecule is O=C1CCc2cc(C3=C(F)N=C([C@@H]4[C@H]5C[C@H]5c5cc(-c6cc(Cl)ccc6-n6cc(Cl)nn6)cc(=O)n54)C3)cnc2C1. The van der Waals surface area contributed by atoms with Gasteiger partial charge in [-0.1, -0.05) is 28.4 Å². The third-order valence-corrected chi connectivity index (χ3v) is 9.03. The van der Waals surface area contributed by atoms with Crippen molar-refractivity contribution >= 4 is 40.3 Å². The van der Waals surface area contributed by atoms with E-state index < -0.39 is 5.95 Å². The van der Waals surface area contributed by atoms with Gasteiger partial charge in [0.25, 0.3) is 5.56 Å². The number of hydrogen-bond donors (Lipinski definition) is 0. The molecule has 0 bridgehead atoms. The maximum absolute atomic E-state index is 15.3. The molecule has 0 amide bonds. The molecule has 3 aromatic heterocycles. The number of nitrogens with zero attached hydrogens (tertiary/aromatic N) is 6. The van der Waals surface area contributed by atoms with Crippen LogP contribution in [0.2, 0.25) is 10.2 Å². The summed E-state index contributed by atoms with van der Waals surface area (Å²) in [5.41, 5.74) is 6.47. The lowest BCUT2D eigenvalue weighted by Crippen LogP contribution is -2.29. The number of fused-ring (bicyclic) bond motifs is 4. The Balaban J connectivity index is 1.13. The van der Waals surface area contributed by atoms with E-state index in [0.717, 1.165) is 28.9 Å². The Bertz CT molecular complexity index is 1940. The molecule has 41 heavy (non-hydrogen) atoms. The van der Waals surface area contributed by atoms with Gasteiger partial charge in [-0.25, -0.2) is 9.67 Å². The Morgan fingerprint density at radius 3 is 2.71 bits per heavy atom. The van der Waals surface area contributed by atoms with Gasteiger partial charge in [0.15, 0.2) is 5.15 Å². The molecule has 0 radical (unpaired) electrons. The van der Waals surface area contributed by atoms with Gasteiger partial charge >= 0.3 is 0 Å². The number of pyridine rings is 2. The lowest BCUT2D eigenvalue weighted by atomic mass is 9.91. The van der Waals surface area contributed by atoms with Crippen LogP contribution >= 0.6 is 23.2 Å². The van der Waals surface area contributed by atoms with E-state index >= 15 is 4.39 Å². The molecule has 5 heterocycles. The fraction of sp³-hybridized carbons (Fsp3) is 0.267. The van der Waals surface area contributed by atoms with Crippen LogP contribution in [0.15, 0.2) is 64.5 Å². The number of aryl methyl sites for hydroxylation is 1. The number of benzene rings is 1. The maximum Gasteiger partial charge on any atom is 0.251 e. The highest BCUT2D eigenvalue weighted by Gasteiger charge is 2.55. The summed E-state index contributed by atoms with van der Waals surface area (Å²) in [6.07, 6.45) is 5.89. The Morgan fingerprint density at radius 1 is 1.00 bits per heavy atom. The molecule has 11 heteroatoms. The van der Waals surface area contributed by atoms with Crippen molar-refractivity contribution < 1.29 is 9.18 Å². The van der Waals surface area contributed by atoms with Gasteiger partial charge in [0.1, 0.15) is 5.78 Å². The average Bonchev–Trinajstić information content (AvgIpc) is 3.27. The Labute approximate surface area is 243 Å². The van der Waals surface area contributed by atoms with E-state index in [1.165, 1.54) is 0 Å². The molecule has 2 aliphatic carbocycles. The summed E-state index contributed by atoms with van der Waals surface area (Å²) in [6, 6.07) is 10.6. The summed E-state index contributed by atoms with van der Waals surface area (Å²) in [4.78, 5) is 34.3. The van der Waals surface area contributed by atoms with Crippen LogP contribution in [0.25, 0.3) is 22.4 Å². The molecule has 204 valence electrons. The molecule has 1 fully saturated rings. The molecule has 3 atom stereocenters. The fourth-order valence-corrected chi connectivity index (χ4v) is 6.94. The van der Waals surface area contributed by atoms with E-state index in [1.54, 1.807) is 39.8 Å². The first-order chi connectivity index (χ1) is 19.8. The van der Waals surface area contributed by atoms with Crippen LogP contribution in [-0.2, 0) is 17.6 Å². The largest absolute Gasteiger partial charge is 0.303 e. The number of rotatable bonds is 4. The predicted octanol–water partition coefficient (Wildman–Crippen LogP) is 5.70. The monoisotopic (exact) mass is 586 g/mol. The molecule has 0 unspecified atom stereocenters. The van der Waals surface area contributed by atoms with Crippen LogP contribution in [0.5, 0.6) is 0 Å². The third kappa shape index (κ3) is 4.01. The standard InChI is InChI=1S/C30H21Cl2FN6O2/c31-17-2-4-25(38-13-27(32)36-37-38)19(8-17)15-6-26-21-10-22(21)29(39(26)28(41)7-15)24-11-20(30(33)35-24)16-5-14-1-3-18(40)9-23(14)34-12-16/h2,4-8,12-13,21-22,29H,1,3,9-11H2/t21-,22+,29+/m1/s1. The Kier molecular flexibility index (Phi) is 5.46. The summed E-state index contributed by atoms with van der Waals surface area (Å²) >= 11 is 12.4. The average molecular weight is 587 g/mol. The minimum atomic E-state index is -0.529. The molecule has 0 saturated heterocycles. The van der Waals surface area contributed by atoms with Crippen molar-refractivity contribution in [1.29, 1.82) is 0 Å². The number of carbonyl (C=O) groups is 1. The second-order valence-electron chi connectivity index (χ2n) is 11.1. The molecular formula is C30H21Cl2FN6O2. The van der Waals surface area contributed by atoms with Gasteiger partial charge in [0.05, 0.1) is 23.6 Å². The second-order valence-corrected chi connectivity index (χ2v) is 11.9. The van der Waals surface area contributed by atoms with Crippen molar-refractivity contribution in [2.75, 3.05) is 0 Å². The van der Waals surface area contributed by atoms with Crippen LogP contribution in [0.1, 0.15) is 53.7 Å². The van der Waals surface area contributed by atoms with Crippen molar-refractivity contribution in [3.63, 3.8) is 0 Å². The Hall–Kier alpha value is -3.95. The highest BCUT2D eigenvalue weighted by Crippen LogP contribution is 2.60. The van der Waals surface area contributed by atoms with Crippen LogP contribution in [0, 0.1) is 5.92 Å². The summed E-state index contributed by atoms with van der Waals surface area (Å²) in [5, 5.41) is 8.73. The number of aromatic nitrogens is 5. The van der Waals surface area contributed by atoms with Crippen molar-refractivity contribution in [2.45, 2.75) is 44.1 Å². The molecular weight excluding hydrogens is 566 g/mol. The van der Waals surface area contributed by atoms with E-state index in [4.69, 9.17) is 23.2 Å². The van der Waals surface area contributed by atoms with Crippen molar-refractivity contribution in [1.82, 2.24) is 24.5 Å². The van der Waals surface area contributed by atoms with Crippen molar-refractivity contribution in [3.8, 4) is 16.8 Å². The summed E-state index contributed by atoms with van der Waals surface area (Å²) in [6.45, 7) is 0. The van der Waals surface area contributed by atoms with E-state index in [0.29, 0.717) is 58.8 Å². The van der Waals surface area contributed by atoms with Gasteiger partial charge in [0.2, 0.25) is 5.95 Å². The zero-order valence-corrected chi connectivity index (χ0v) is 23.0. The van der Waals surface area contributed by atoms with Gasteiger partial charge < -0.3 is 4.57 Å². The number of aliphatic imine (C=N–C) groups is 1. The highest BCUT2D eigenvalue weighted by atomic mass is 35.5. The minimum absolute atomic E-state index is 0.172.